The molecule has 0 bridgehead atoms. The summed E-state index contributed by atoms with van der Waals surface area (Å²) in [6.45, 7) is 0.569. The maximum Gasteiger partial charge on any atom is 0.223 e. The molecular weight excluding hydrogens is 232 g/mol. The lowest BCUT2D eigenvalue weighted by atomic mass is 10.2. The van der Waals surface area contributed by atoms with Crippen LogP contribution in [0.4, 0.5) is 5.69 Å². The minimum atomic E-state index is 0.0926. The summed E-state index contributed by atoms with van der Waals surface area (Å²) < 4.78 is 10.4. The third-order valence-electron chi connectivity index (χ3n) is 2.56. The van der Waals surface area contributed by atoms with Gasteiger partial charge in [0, 0.05) is 33.1 Å². The number of nitrogens with zero attached hydrogens (tertiary/aromatic N) is 1. The number of rotatable bonds is 6. The van der Waals surface area contributed by atoms with Gasteiger partial charge in [-0.1, -0.05) is 0 Å². The lowest BCUT2D eigenvalue weighted by Crippen LogP contribution is -2.23. The van der Waals surface area contributed by atoms with Crippen molar-refractivity contribution < 1.29 is 14.3 Å². The van der Waals surface area contributed by atoms with Gasteiger partial charge in [-0.25, -0.2) is 0 Å². The highest BCUT2D eigenvalue weighted by atomic mass is 16.5. The van der Waals surface area contributed by atoms with E-state index in [0.29, 0.717) is 18.7 Å². The van der Waals surface area contributed by atoms with Gasteiger partial charge in [0.1, 0.15) is 11.5 Å². The maximum atomic E-state index is 11.4. The zero-order valence-electron chi connectivity index (χ0n) is 11.3. The van der Waals surface area contributed by atoms with Crippen molar-refractivity contribution in [3.05, 3.63) is 18.2 Å². The van der Waals surface area contributed by atoms with Gasteiger partial charge in [0.05, 0.1) is 19.9 Å². The first-order valence-electron chi connectivity index (χ1n) is 5.74. The average molecular weight is 252 g/mol. The van der Waals surface area contributed by atoms with Gasteiger partial charge in [-0.3, -0.25) is 4.79 Å². The molecule has 0 aromatic heterocycles. The fourth-order valence-electron chi connectivity index (χ4n) is 1.47. The number of hydrogen-bond acceptors (Lipinski definition) is 4. The summed E-state index contributed by atoms with van der Waals surface area (Å²) >= 11 is 0. The van der Waals surface area contributed by atoms with Crippen LogP contribution in [-0.2, 0) is 4.79 Å². The fourth-order valence-corrected chi connectivity index (χ4v) is 1.47. The summed E-state index contributed by atoms with van der Waals surface area (Å²) in [6.07, 6.45) is 0.447. The Labute approximate surface area is 108 Å². The molecule has 5 heteroatoms. The predicted octanol–water partition coefficient (Wildman–Crippen LogP) is 1.59. The Bertz CT molecular complexity index is 405. The Morgan fingerprint density at radius 2 is 2.00 bits per heavy atom. The van der Waals surface area contributed by atoms with E-state index in [-0.39, 0.29) is 5.91 Å². The summed E-state index contributed by atoms with van der Waals surface area (Å²) in [6, 6.07) is 5.52. The Balaban J connectivity index is 2.59. The van der Waals surface area contributed by atoms with Crippen LogP contribution >= 0.6 is 0 Å². The number of hydrogen-bond donors (Lipinski definition) is 1. The molecule has 0 saturated heterocycles. The van der Waals surface area contributed by atoms with Gasteiger partial charge < -0.3 is 19.7 Å². The van der Waals surface area contributed by atoms with Crippen LogP contribution in [0.25, 0.3) is 0 Å². The number of carbonyl (C=O) groups excluding carboxylic acids is 1. The van der Waals surface area contributed by atoms with Crippen LogP contribution in [0.1, 0.15) is 6.42 Å². The third kappa shape index (κ3) is 3.84. The second-order valence-electron chi connectivity index (χ2n) is 4.03. The molecule has 0 aliphatic carbocycles. The Morgan fingerprint density at radius 1 is 1.28 bits per heavy atom. The van der Waals surface area contributed by atoms with Crippen molar-refractivity contribution in [3.8, 4) is 11.5 Å². The highest BCUT2D eigenvalue weighted by Gasteiger charge is 2.06. The number of methoxy groups -OCH3 is 2. The highest BCUT2D eigenvalue weighted by molar-refractivity contribution is 5.76. The third-order valence-corrected chi connectivity index (χ3v) is 2.56. The van der Waals surface area contributed by atoms with E-state index in [1.165, 1.54) is 0 Å². The fraction of sp³-hybridized carbons (Fsp3) is 0.462. The first kappa shape index (κ1) is 14.2. The zero-order valence-corrected chi connectivity index (χ0v) is 11.3. The van der Waals surface area contributed by atoms with E-state index in [1.807, 2.05) is 12.1 Å². The second-order valence-corrected chi connectivity index (χ2v) is 4.03. The average Bonchev–Trinajstić information content (AvgIpc) is 2.38. The van der Waals surface area contributed by atoms with Crippen molar-refractivity contribution >= 4 is 11.6 Å². The monoisotopic (exact) mass is 252 g/mol. The Hall–Kier alpha value is -1.91. The molecule has 0 radical (unpaired) electrons. The number of ether oxygens (including phenoxy) is 2. The minimum absolute atomic E-state index is 0.0926. The van der Waals surface area contributed by atoms with Gasteiger partial charge in [0.25, 0.3) is 0 Å². The summed E-state index contributed by atoms with van der Waals surface area (Å²) in [5.41, 5.74) is 0.852. The van der Waals surface area contributed by atoms with E-state index in [4.69, 9.17) is 9.47 Å². The number of benzene rings is 1. The van der Waals surface area contributed by atoms with Crippen molar-refractivity contribution in [2.75, 3.05) is 40.2 Å². The molecule has 0 atom stereocenters. The molecule has 1 rings (SSSR count). The smallest absolute Gasteiger partial charge is 0.223 e. The number of anilines is 1. The van der Waals surface area contributed by atoms with Crippen LogP contribution in [0, 0.1) is 0 Å². The normalized spacial score (nSPS) is 9.78. The van der Waals surface area contributed by atoms with Gasteiger partial charge in [-0.2, -0.15) is 0 Å². The molecule has 0 heterocycles. The summed E-state index contributed by atoms with van der Waals surface area (Å²) in [7, 11) is 6.70. The molecule has 0 fully saturated rings. The van der Waals surface area contributed by atoms with Crippen LogP contribution in [0.3, 0.4) is 0 Å². The van der Waals surface area contributed by atoms with Gasteiger partial charge in [-0.05, 0) is 12.1 Å². The molecule has 1 amide bonds. The first-order valence-corrected chi connectivity index (χ1v) is 5.74. The molecule has 1 N–H and O–H groups in total. The summed E-state index contributed by atoms with van der Waals surface area (Å²) in [5, 5.41) is 3.17. The van der Waals surface area contributed by atoms with Crippen molar-refractivity contribution in [1.82, 2.24) is 4.90 Å². The van der Waals surface area contributed by atoms with Crippen LogP contribution < -0.4 is 14.8 Å². The van der Waals surface area contributed by atoms with Crippen LogP contribution in [-0.4, -0.2) is 45.7 Å². The molecule has 18 heavy (non-hydrogen) atoms. The summed E-state index contributed by atoms with van der Waals surface area (Å²) in [4.78, 5) is 13.0. The lowest BCUT2D eigenvalue weighted by Gasteiger charge is -2.14. The molecule has 0 spiro atoms. The molecule has 0 aliphatic heterocycles. The van der Waals surface area contributed by atoms with Crippen molar-refractivity contribution in [1.29, 1.82) is 0 Å². The van der Waals surface area contributed by atoms with E-state index in [1.54, 1.807) is 39.3 Å². The van der Waals surface area contributed by atoms with Crippen molar-refractivity contribution in [2.45, 2.75) is 6.42 Å². The number of amides is 1. The predicted molar refractivity (Wildman–Crippen MR) is 71.3 cm³/mol. The molecule has 0 unspecified atom stereocenters. The number of carbonyl (C=O) groups is 1. The second kappa shape index (κ2) is 6.74. The largest absolute Gasteiger partial charge is 0.497 e. The first-order chi connectivity index (χ1) is 8.58. The number of nitrogens with one attached hydrogen (secondary N) is 1. The van der Waals surface area contributed by atoms with E-state index in [0.717, 1.165) is 11.4 Å². The van der Waals surface area contributed by atoms with E-state index in [9.17, 15) is 4.79 Å². The van der Waals surface area contributed by atoms with Crippen molar-refractivity contribution in [3.63, 3.8) is 0 Å². The summed E-state index contributed by atoms with van der Waals surface area (Å²) in [5.74, 6) is 1.53. The molecular formula is C13H20N2O3. The molecule has 5 nitrogen and oxygen atoms in total. The standard InChI is InChI=1S/C13H20N2O3/c1-15(2)13(16)7-8-14-11-6-5-10(17-3)9-12(11)18-4/h5-6,9,14H,7-8H2,1-4H3. The van der Waals surface area contributed by atoms with Crippen LogP contribution in [0.15, 0.2) is 18.2 Å². The Kier molecular flexibility index (Phi) is 5.30. The quantitative estimate of drug-likeness (QED) is 0.835. The highest BCUT2D eigenvalue weighted by Crippen LogP contribution is 2.28. The van der Waals surface area contributed by atoms with Gasteiger partial charge in [0.2, 0.25) is 5.91 Å². The van der Waals surface area contributed by atoms with E-state index in [2.05, 4.69) is 5.32 Å². The van der Waals surface area contributed by atoms with E-state index < -0.39 is 0 Å². The molecule has 0 saturated carbocycles. The van der Waals surface area contributed by atoms with Crippen molar-refractivity contribution in [2.24, 2.45) is 0 Å². The van der Waals surface area contributed by atoms with Crippen LogP contribution in [0.5, 0.6) is 11.5 Å². The van der Waals surface area contributed by atoms with Gasteiger partial charge in [0.15, 0.2) is 0 Å². The maximum absolute atomic E-state index is 11.4. The minimum Gasteiger partial charge on any atom is -0.497 e. The van der Waals surface area contributed by atoms with Crippen LogP contribution in [0.2, 0.25) is 0 Å². The topological polar surface area (TPSA) is 50.8 Å². The van der Waals surface area contributed by atoms with Gasteiger partial charge >= 0.3 is 0 Å². The SMILES string of the molecule is COc1ccc(NCCC(=O)N(C)C)c(OC)c1. The van der Waals surface area contributed by atoms with Gasteiger partial charge in [-0.15, -0.1) is 0 Å². The molecule has 0 aliphatic rings. The van der Waals surface area contributed by atoms with E-state index >= 15 is 0 Å². The molecule has 100 valence electrons. The molecule has 1 aromatic rings. The zero-order chi connectivity index (χ0) is 13.5. The molecule has 1 aromatic carbocycles. The Morgan fingerprint density at radius 3 is 2.56 bits per heavy atom. The lowest BCUT2D eigenvalue weighted by molar-refractivity contribution is -0.128.